The molecule has 28 heavy (non-hydrogen) atoms. The van der Waals surface area contributed by atoms with Gasteiger partial charge < -0.3 is 10.1 Å². The van der Waals surface area contributed by atoms with Gasteiger partial charge in [0.25, 0.3) is 11.8 Å². The highest BCUT2D eigenvalue weighted by Crippen LogP contribution is 2.31. The molecule has 0 saturated heterocycles. The Hall–Kier alpha value is -2.91. The number of nitrogens with zero attached hydrogens (tertiary/aromatic N) is 3. The number of thioether (sulfide) groups is 1. The van der Waals surface area contributed by atoms with Crippen LogP contribution < -0.4 is 10.1 Å². The van der Waals surface area contributed by atoms with E-state index in [4.69, 9.17) is 4.74 Å². The number of nitrogens with one attached hydrogen (secondary N) is 1. The zero-order chi connectivity index (χ0) is 19.5. The van der Waals surface area contributed by atoms with Gasteiger partial charge in [-0.3, -0.25) is 14.5 Å². The number of carbonyl (C=O) groups excluding carboxylic acids is 2. The van der Waals surface area contributed by atoms with Crippen LogP contribution in [-0.4, -0.2) is 46.3 Å². The van der Waals surface area contributed by atoms with Crippen LogP contribution in [0.3, 0.4) is 0 Å². The average molecular weight is 412 g/mol. The van der Waals surface area contributed by atoms with Gasteiger partial charge in [0.1, 0.15) is 5.75 Å². The van der Waals surface area contributed by atoms with E-state index in [1.54, 1.807) is 31.4 Å². The van der Waals surface area contributed by atoms with Crippen molar-refractivity contribution < 1.29 is 14.3 Å². The molecule has 0 spiro atoms. The Labute approximate surface area is 169 Å². The first-order valence-corrected chi connectivity index (χ1v) is 10.3. The minimum Gasteiger partial charge on any atom is -0.495 e. The van der Waals surface area contributed by atoms with Gasteiger partial charge in [0.2, 0.25) is 5.13 Å². The van der Waals surface area contributed by atoms with Crippen LogP contribution in [-0.2, 0) is 0 Å². The van der Waals surface area contributed by atoms with Crippen LogP contribution in [0.4, 0.5) is 10.8 Å². The highest BCUT2D eigenvalue weighted by molar-refractivity contribution is 8.01. The van der Waals surface area contributed by atoms with E-state index in [2.05, 4.69) is 15.5 Å². The highest BCUT2D eigenvalue weighted by atomic mass is 32.2. The molecular weight excluding hydrogens is 396 g/mol. The zero-order valence-electron chi connectivity index (χ0n) is 14.9. The maximum atomic E-state index is 12.4. The lowest BCUT2D eigenvalue weighted by Crippen LogP contribution is -2.31. The number of amides is 2. The Morgan fingerprint density at radius 3 is 2.43 bits per heavy atom. The first kappa shape index (κ1) is 18.5. The summed E-state index contributed by atoms with van der Waals surface area (Å²) in [5.74, 6) is 0.792. The van der Waals surface area contributed by atoms with Crippen LogP contribution in [0.2, 0.25) is 0 Å². The minimum atomic E-state index is -0.239. The number of aromatic nitrogens is 2. The third-order valence-corrected chi connectivity index (χ3v) is 6.13. The molecule has 9 heteroatoms. The number of anilines is 2. The summed E-state index contributed by atoms with van der Waals surface area (Å²) < 4.78 is 6.07. The van der Waals surface area contributed by atoms with Crippen molar-refractivity contribution in [2.45, 2.75) is 4.34 Å². The number of hydrogen-bond acceptors (Lipinski definition) is 8. The van der Waals surface area contributed by atoms with E-state index in [9.17, 15) is 9.59 Å². The second kappa shape index (κ2) is 7.99. The maximum Gasteiger partial charge on any atom is 0.261 e. The van der Waals surface area contributed by atoms with Gasteiger partial charge in [0, 0.05) is 12.3 Å². The Balaban J connectivity index is 1.34. The van der Waals surface area contributed by atoms with Crippen molar-refractivity contribution in [3.63, 3.8) is 0 Å². The van der Waals surface area contributed by atoms with Gasteiger partial charge in [-0.05, 0) is 24.3 Å². The molecule has 1 aliphatic rings. The van der Waals surface area contributed by atoms with E-state index in [0.717, 1.165) is 15.8 Å². The molecule has 0 bridgehead atoms. The summed E-state index contributed by atoms with van der Waals surface area (Å²) in [6.45, 7) is 0.325. The first-order chi connectivity index (χ1) is 13.7. The van der Waals surface area contributed by atoms with Crippen molar-refractivity contribution in [2.24, 2.45) is 0 Å². The number of para-hydroxylation sites is 2. The van der Waals surface area contributed by atoms with Crippen molar-refractivity contribution in [1.29, 1.82) is 0 Å². The van der Waals surface area contributed by atoms with Gasteiger partial charge >= 0.3 is 0 Å². The standard InChI is InChI=1S/C19H16N4O3S2/c1-26-15-9-5-4-8-14(15)20-18-21-22-19(28-18)27-11-10-23-16(24)12-6-2-3-7-13(12)17(23)25/h2-9H,10-11H2,1H3,(H,20,21). The molecule has 4 rings (SSSR count). The molecule has 7 nitrogen and oxygen atoms in total. The molecule has 0 saturated carbocycles. The number of methoxy groups -OCH3 is 1. The van der Waals surface area contributed by atoms with Crippen molar-refractivity contribution in [3.05, 3.63) is 59.7 Å². The summed E-state index contributed by atoms with van der Waals surface area (Å²) >= 11 is 2.86. The van der Waals surface area contributed by atoms with E-state index < -0.39 is 0 Å². The topological polar surface area (TPSA) is 84.4 Å². The monoisotopic (exact) mass is 412 g/mol. The molecule has 1 aromatic heterocycles. The van der Waals surface area contributed by atoms with Gasteiger partial charge in [-0.25, -0.2) is 0 Å². The summed E-state index contributed by atoms with van der Waals surface area (Å²) in [6.07, 6.45) is 0. The van der Waals surface area contributed by atoms with Crippen LogP contribution in [0.15, 0.2) is 52.9 Å². The molecule has 3 aromatic rings. The number of benzene rings is 2. The molecule has 1 N–H and O–H groups in total. The van der Waals surface area contributed by atoms with Crippen molar-refractivity contribution in [2.75, 3.05) is 24.7 Å². The molecule has 2 heterocycles. The smallest absolute Gasteiger partial charge is 0.261 e. The fourth-order valence-corrected chi connectivity index (χ4v) is 4.61. The average Bonchev–Trinajstić information content (AvgIpc) is 3.26. The molecule has 0 atom stereocenters. The van der Waals surface area contributed by atoms with E-state index in [1.165, 1.54) is 28.0 Å². The third-order valence-electron chi connectivity index (χ3n) is 4.17. The molecule has 142 valence electrons. The Morgan fingerprint density at radius 2 is 1.71 bits per heavy atom. The van der Waals surface area contributed by atoms with Gasteiger partial charge in [-0.15, -0.1) is 10.2 Å². The van der Waals surface area contributed by atoms with E-state index >= 15 is 0 Å². The molecule has 0 unspecified atom stereocenters. The second-order valence-electron chi connectivity index (χ2n) is 5.85. The van der Waals surface area contributed by atoms with E-state index in [1.807, 2.05) is 24.3 Å². The summed E-state index contributed by atoms with van der Waals surface area (Å²) in [6, 6.07) is 14.5. The van der Waals surface area contributed by atoms with Gasteiger partial charge in [-0.1, -0.05) is 47.4 Å². The van der Waals surface area contributed by atoms with Crippen LogP contribution in [0.1, 0.15) is 20.7 Å². The van der Waals surface area contributed by atoms with Crippen LogP contribution in [0, 0.1) is 0 Å². The number of hydrogen-bond donors (Lipinski definition) is 1. The fourth-order valence-electron chi connectivity index (χ4n) is 2.85. The lowest BCUT2D eigenvalue weighted by molar-refractivity contribution is 0.0664. The van der Waals surface area contributed by atoms with Crippen molar-refractivity contribution >= 4 is 45.7 Å². The molecule has 0 radical (unpaired) electrons. The molecular formula is C19H16N4O3S2. The molecule has 0 fully saturated rings. The van der Waals surface area contributed by atoms with Gasteiger partial charge in [0.05, 0.1) is 23.9 Å². The first-order valence-electron chi connectivity index (χ1n) is 8.49. The Kier molecular flexibility index (Phi) is 5.27. The van der Waals surface area contributed by atoms with Gasteiger partial charge in [-0.2, -0.15) is 0 Å². The third kappa shape index (κ3) is 3.58. The number of imide groups is 1. The second-order valence-corrected chi connectivity index (χ2v) is 8.17. The molecule has 2 aromatic carbocycles. The summed E-state index contributed by atoms with van der Waals surface area (Å²) in [7, 11) is 1.61. The van der Waals surface area contributed by atoms with Gasteiger partial charge in [0.15, 0.2) is 4.34 Å². The quantitative estimate of drug-likeness (QED) is 0.468. The highest BCUT2D eigenvalue weighted by Gasteiger charge is 2.34. The number of fused-ring (bicyclic) bond motifs is 1. The molecule has 0 aliphatic carbocycles. The fraction of sp³-hybridized carbons (Fsp3) is 0.158. The minimum absolute atomic E-state index is 0.239. The predicted octanol–water partition coefficient (Wildman–Crippen LogP) is 3.68. The largest absolute Gasteiger partial charge is 0.495 e. The Morgan fingerprint density at radius 1 is 1.04 bits per heavy atom. The normalized spacial score (nSPS) is 13.0. The molecule has 1 aliphatic heterocycles. The van der Waals surface area contributed by atoms with Crippen LogP contribution >= 0.6 is 23.1 Å². The van der Waals surface area contributed by atoms with Crippen LogP contribution in [0.5, 0.6) is 5.75 Å². The number of carbonyl (C=O) groups is 2. The number of rotatable bonds is 7. The van der Waals surface area contributed by atoms with E-state index in [0.29, 0.717) is 28.6 Å². The number of ether oxygens (including phenoxy) is 1. The van der Waals surface area contributed by atoms with Crippen molar-refractivity contribution in [3.8, 4) is 5.75 Å². The van der Waals surface area contributed by atoms with Crippen molar-refractivity contribution in [1.82, 2.24) is 15.1 Å². The maximum absolute atomic E-state index is 12.4. The Bertz CT molecular complexity index is 1000. The lowest BCUT2D eigenvalue weighted by Gasteiger charge is -2.12. The summed E-state index contributed by atoms with van der Waals surface area (Å²) in [5.41, 5.74) is 1.75. The molecule has 2 amide bonds. The summed E-state index contributed by atoms with van der Waals surface area (Å²) in [5, 5.41) is 12.1. The SMILES string of the molecule is COc1ccccc1Nc1nnc(SCCN2C(=O)c3ccccc3C2=O)s1. The zero-order valence-corrected chi connectivity index (χ0v) is 16.5. The predicted molar refractivity (Wildman–Crippen MR) is 109 cm³/mol. The van der Waals surface area contributed by atoms with Crippen LogP contribution in [0.25, 0.3) is 0 Å². The summed E-state index contributed by atoms with van der Waals surface area (Å²) in [4.78, 5) is 26.0. The van der Waals surface area contributed by atoms with E-state index in [-0.39, 0.29) is 11.8 Å². The lowest BCUT2D eigenvalue weighted by atomic mass is 10.1.